The molecule has 0 saturated heterocycles. The van der Waals surface area contributed by atoms with Gasteiger partial charge in [-0.15, -0.1) is 0 Å². The maximum atomic E-state index is 12.9. The van der Waals surface area contributed by atoms with Crippen molar-refractivity contribution in [2.75, 3.05) is 7.05 Å². The van der Waals surface area contributed by atoms with Gasteiger partial charge in [0.2, 0.25) is 5.91 Å². The molecule has 0 N–H and O–H groups in total. The van der Waals surface area contributed by atoms with E-state index in [4.69, 9.17) is 0 Å². The fraction of sp³-hybridized carbons (Fsp3) is 0.278. The molecule has 0 aromatic heterocycles. The van der Waals surface area contributed by atoms with E-state index in [2.05, 4.69) is 0 Å². The Labute approximate surface area is 141 Å². The van der Waals surface area contributed by atoms with Crippen LogP contribution in [-0.2, 0) is 26.9 Å². The maximum absolute atomic E-state index is 12.9. The number of carbonyl (C=O) groups is 1. The second kappa shape index (κ2) is 7.57. The highest BCUT2D eigenvalue weighted by molar-refractivity contribution is 7.92. The third kappa shape index (κ3) is 4.64. The fourth-order valence-electron chi connectivity index (χ4n) is 2.34. The van der Waals surface area contributed by atoms with Crippen LogP contribution in [0.4, 0.5) is 4.39 Å². The molecule has 0 bridgehead atoms. The molecule has 2 aromatic carbocycles. The Kier molecular flexibility index (Phi) is 5.72. The second-order valence-electron chi connectivity index (χ2n) is 5.76. The molecule has 6 heteroatoms. The van der Waals surface area contributed by atoms with Crippen molar-refractivity contribution in [3.8, 4) is 0 Å². The van der Waals surface area contributed by atoms with Gasteiger partial charge < -0.3 is 4.90 Å². The molecule has 0 radical (unpaired) electrons. The smallest absolute Gasteiger partial charge is 0.240 e. The molecule has 0 aliphatic carbocycles. The minimum Gasteiger partial charge on any atom is -0.340 e. The molecule has 0 spiro atoms. The summed E-state index contributed by atoms with van der Waals surface area (Å²) in [7, 11) is -2.09. The summed E-state index contributed by atoms with van der Waals surface area (Å²) in [5.41, 5.74) is 1.39. The lowest BCUT2D eigenvalue weighted by molar-refractivity contribution is -0.129. The first-order valence-corrected chi connectivity index (χ1v) is 9.26. The van der Waals surface area contributed by atoms with Crippen LogP contribution in [0.15, 0.2) is 54.6 Å². The zero-order valence-corrected chi connectivity index (χ0v) is 14.5. The molecule has 1 amide bonds. The van der Waals surface area contributed by atoms with Crippen molar-refractivity contribution in [3.63, 3.8) is 0 Å². The summed E-state index contributed by atoms with van der Waals surface area (Å²) in [6, 6.07) is 14.6. The van der Waals surface area contributed by atoms with Gasteiger partial charge in [0.25, 0.3) is 0 Å². The van der Waals surface area contributed by atoms with E-state index in [0.717, 1.165) is 5.56 Å². The first kappa shape index (κ1) is 18.1. The molecule has 2 rings (SSSR count). The Balaban J connectivity index is 2.06. The van der Waals surface area contributed by atoms with Gasteiger partial charge in [0, 0.05) is 13.6 Å². The van der Waals surface area contributed by atoms with Crippen LogP contribution in [0.25, 0.3) is 0 Å². The van der Waals surface area contributed by atoms with Crippen molar-refractivity contribution in [1.29, 1.82) is 0 Å². The molecule has 0 fully saturated rings. The van der Waals surface area contributed by atoms with Crippen LogP contribution in [0.2, 0.25) is 0 Å². The van der Waals surface area contributed by atoms with Crippen molar-refractivity contribution < 1.29 is 17.6 Å². The average Bonchev–Trinajstić information content (AvgIpc) is 2.56. The van der Waals surface area contributed by atoms with E-state index in [1.54, 1.807) is 7.05 Å². The van der Waals surface area contributed by atoms with E-state index in [1.807, 2.05) is 30.3 Å². The van der Waals surface area contributed by atoms with E-state index in [0.29, 0.717) is 12.1 Å². The van der Waals surface area contributed by atoms with Crippen LogP contribution in [-0.4, -0.2) is 31.5 Å². The first-order chi connectivity index (χ1) is 11.3. The normalized spacial score (nSPS) is 12.6. The summed E-state index contributed by atoms with van der Waals surface area (Å²) in [6.07, 6.45) is 0. The Morgan fingerprint density at radius 1 is 1.04 bits per heavy atom. The lowest BCUT2D eigenvalue weighted by Crippen LogP contribution is -2.39. The van der Waals surface area contributed by atoms with Crippen LogP contribution in [0.5, 0.6) is 0 Å². The number of amides is 1. The van der Waals surface area contributed by atoms with E-state index >= 15 is 0 Å². The van der Waals surface area contributed by atoms with Gasteiger partial charge in [0.15, 0.2) is 9.84 Å². The van der Waals surface area contributed by atoms with Crippen LogP contribution in [0.1, 0.15) is 18.1 Å². The lowest BCUT2D eigenvalue weighted by atomic mass is 10.2. The fourth-order valence-corrected chi connectivity index (χ4v) is 3.73. The molecular formula is C18H20FNO3S. The van der Waals surface area contributed by atoms with Crippen LogP contribution < -0.4 is 0 Å². The highest BCUT2D eigenvalue weighted by Crippen LogP contribution is 2.15. The van der Waals surface area contributed by atoms with Gasteiger partial charge in [-0.25, -0.2) is 12.8 Å². The van der Waals surface area contributed by atoms with Gasteiger partial charge >= 0.3 is 0 Å². The number of hydrogen-bond donors (Lipinski definition) is 0. The van der Waals surface area contributed by atoms with E-state index in [9.17, 15) is 17.6 Å². The average molecular weight is 349 g/mol. The van der Waals surface area contributed by atoms with Gasteiger partial charge in [0.1, 0.15) is 11.1 Å². The van der Waals surface area contributed by atoms with E-state index < -0.39 is 26.8 Å². The van der Waals surface area contributed by atoms with Gasteiger partial charge in [-0.1, -0.05) is 42.5 Å². The number of nitrogens with zero attached hydrogens (tertiary/aromatic N) is 1. The number of carbonyl (C=O) groups excluding carboxylic acids is 1. The predicted molar refractivity (Wildman–Crippen MR) is 91.4 cm³/mol. The van der Waals surface area contributed by atoms with Gasteiger partial charge in [-0.05, 0) is 30.2 Å². The Morgan fingerprint density at radius 3 is 2.21 bits per heavy atom. The molecule has 0 heterocycles. The van der Waals surface area contributed by atoms with Crippen LogP contribution in [0, 0.1) is 5.82 Å². The number of rotatable bonds is 6. The zero-order valence-electron chi connectivity index (χ0n) is 13.6. The summed E-state index contributed by atoms with van der Waals surface area (Å²) in [6.45, 7) is 1.73. The summed E-state index contributed by atoms with van der Waals surface area (Å²) < 4.78 is 37.8. The topological polar surface area (TPSA) is 54.5 Å². The van der Waals surface area contributed by atoms with Crippen molar-refractivity contribution in [3.05, 3.63) is 71.5 Å². The highest BCUT2D eigenvalue weighted by Gasteiger charge is 2.30. The molecule has 4 nitrogen and oxygen atoms in total. The number of halogens is 1. The van der Waals surface area contributed by atoms with Crippen LogP contribution >= 0.6 is 0 Å². The SMILES string of the molecule is C[C@H](C(=O)N(C)Cc1ccccc1)S(=O)(=O)Cc1ccc(F)cc1. The zero-order chi connectivity index (χ0) is 17.7. The molecule has 0 aliphatic rings. The van der Waals surface area contributed by atoms with Gasteiger partial charge in [-0.2, -0.15) is 0 Å². The number of sulfone groups is 1. The molecule has 0 aliphatic heterocycles. The van der Waals surface area contributed by atoms with Crippen molar-refractivity contribution in [2.45, 2.75) is 24.5 Å². The molecule has 0 saturated carbocycles. The van der Waals surface area contributed by atoms with E-state index in [1.165, 1.54) is 36.1 Å². The van der Waals surface area contributed by atoms with Gasteiger partial charge in [-0.3, -0.25) is 4.79 Å². The van der Waals surface area contributed by atoms with Gasteiger partial charge in [0.05, 0.1) is 5.75 Å². The maximum Gasteiger partial charge on any atom is 0.240 e. The van der Waals surface area contributed by atoms with Crippen LogP contribution in [0.3, 0.4) is 0 Å². The third-order valence-electron chi connectivity index (χ3n) is 3.81. The molecule has 1 atom stereocenters. The Hall–Kier alpha value is -2.21. The predicted octanol–water partition coefficient (Wildman–Crippen LogP) is 2.79. The molecule has 128 valence electrons. The quantitative estimate of drug-likeness (QED) is 0.806. The molecule has 0 unspecified atom stereocenters. The highest BCUT2D eigenvalue weighted by atomic mass is 32.2. The lowest BCUT2D eigenvalue weighted by Gasteiger charge is -2.21. The summed E-state index contributed by atoms with van der Waals surface area (Å²) >= 11 is 0. The summed E-state index contributed by atoms with van der Waals surface area (Å²) in [5, 5.41) is -1.16. The number of hydrogen-bond acceptors (Lipinski definition) is 3. The van der Waals surface area contributed by atoms with Crippen molar-refractivity contribution >= 4 is 15.7 Å². The molecule has 2 aromatic rings. The monoisotopic (exact) mass is 349 g/mol. The summed E-state index contributed by atoms with van der Waals surface area (Å²) in [5.74, 6) is -1.18. The standard InChI is InChI=1S/C18H20FNO3S/c1-14(18(21)20(2)12-15-6-4-3-5-7-15)24(22,23)13-16-8-10-17(19)11-9-16/h3-11,14H,12-13H2,1-2H3/t14-/m1/s1. The third-order valence-corrected chi connectivity index (χ3v) is 5.82. The summed E-state index contributed by atoms with van der Waals surface area (Å²) in [4.78, 5) is 13.8. The molecular weight excluding hydrogens is 329 g/mol. The second-order valence-corrected chi connectivity index (χ2v) is 8.08. The van der Waals surface area contributed by atoms with Crippen molar-refractivity contribution in [1.82, 2.24) is 4.90 Å². The minimum absolute atomic E-state index is 0.292. The van der Waals surface area contributed by atoms with E-state index in [-0.39, 0.29) is 5.75 Å². The largest absolute Gasteiger partial charge is 0.340 e. The van der Waals surface area contributed by atoms with Crippen molar-refractivity contribution in [2.24, 2.45) is 0 Å². The number of benzene rings is 2. The first-order valence-electron chi connectivity index (χ1n) is 7.54. The Morgan fingerprint density at radius 2 is 1.62 bits per heavy atom. The Bertz CT molecular complexity index is 789. The molecule has 24 heavy (non-hydrogen) atoms. The minimum atomic E-state index is -3.68.